The number of nitrogens with zero attached hydrogens (tertiary/aromatic N) is 2. The van der Waals surface area contributed by atoms with Gasteiger partial charge in [0.25, 0.3) is 0 Å². The molecule has 0 saturated carbocycles. The summed E-state index contributed by atoms with van der Waals surface area (Å²) in [5.41, 5.74) is 1.10. The molecule has 0 radical (unpaired) electrons. The molecule has 0 spiro atoms. The molecule has 0 unspecified atom stereocenters. The van der Waals surface area contributed by atoms with Crippen molar-refractivity contribution < 1.29 is 14.0 Å². The Kier molecular flexibility index (Phi) is 5.60. The molecule has 0 bridgehead atoms. The molecule has 126 valence electrons. The summed E-state index contributed by atoms with van der Waals surface area (Å²) in [5, 5.41) is 11.5. The molecule has 23 heavy (non-hydrogen) atoms. The Morgan fingerprint density at radius 3 is 2.48 bits per heavy atom. The van der Waals surface area contributed by atoms with Crippen molar-refractivity contribution in [3.63, 3.8) is 0 Å². The van der Waals surface area contributed by atoms with Crippen LogP contribution in [0.5, 0.6) is 0 Å². The van der Waals surface area contributed by atoms with Crippen molar-refractivity contribution in [1.82, 2.24) is 5.06 Å². The lowest BCUT2D eigenvalue weighted by atomic mass is 10.1. The Balaban J connectivity index is 2.19. The van der Waals surface area contributed by atoms with E-state index in [-0.39, 0.29) is 6.10 Å². The fourth-order valence-corrected chi connectivity index (χ4v) is 3.39. The van der Waals surface area contributed by atoms with Gasteiger partial charge in [0.1, 0.15) is 12.1 Å². The zero-order chi connectivity index (χ0) is 17.1. The number of hydrogen-bond acceptors (Lipinski definition) is 5. The molecule has 1 heterocycles. The highest BCUT2D eigenvalue weighted by Crippen LogP contribution is 2.27. The number of hydroxylamine groups is 2. The average Bonchev–Trinajstić information content (AvgIpc) is 2.79. The van der Waals surface area contributed by atoms with Gasteiger partial charge in [-0.2, -0.15) is 10.3 Å². The van der Waals surface area contributed by atoms with E-state index in [2.05, 4.69) is 25.7 Å². The Morgan fingerprint density at radius 1 is 1.35 bits per heavy atom. The normalized spacial score (nSPS) is 22.0. The average molecular weight is 334 g/mol. The molecule has 1 aromatic rings. The number of hydrogen-bond donors (Lipinski definition) is 0. The summed E-state index contributed by atoms with van der Waals surface area (Å²) >= 11 is 0. The van der Waals surface area contributed by atoms with Gasteiger partial charge < -0.3 is 14.0 Å². The van der Waals surface area contributed by atoms with Crippen LogP contribution in [0.4, 0.5) is 0 Å². The molecule has 0 N–H and O–H groups in total. The largest absolute Gasteiger partial charge is 0.348 e. The van der Waals surface area contributed by atoms with Crippen LogP contribution in [0, 0.1) is 11.3 Å². The van der Waals surface area contributed by atoms with E-state index in [1.807, 2.05) is 44.2 Å². The number of benzene rings is 1. The van der Waals surface area contributed by atoms with Gasteiger partial charge in [-0.05, 0) is 39.1 Å². The maximum atomic E-state index is 9.71. The van der Waals surface area contributed by atoms with E-state index >= 15 is 0 Å². The molecular formula is C17H26N2O3Si. The smallest absolute Gasteiger partial charge is 0.212 e. The first-order valence-corrected chi connectivity index (χ1v) is 11.3. The molecule has 2 rings (SSSR count). The van der Waals surface area contributed by atoms with Gasteiger partial charge in [-0.15, -0.1) is 0 Å². The molecule has 2 atom stereocenters. The highest BCUT2D eigenvalue weighted by Gasteiger charge is 2.41. The first-order valence-electron chi connectivity index (χ1n) is 7.91. The van der Waals surface area contributed by atoms with E-state index in [1.54, 1.807) is 5.06 Å². The van der Waals surface area contributed by atoms with Gasteiger partial charge in [0.15, 0.2) is 5.79 Å². The second-order valence-corrected chi connectivity index (χ2v) is 11.6. The summed E-state index contributed by atoms with van der Waals surface area (Å²) in [6, 6.07) is 11.9. The van der Waals surface area contributed by atoms with E-state index in [9.17, 15) is 5.26 Å². The van der Waals surface area contributed by atoms with Crippen LogP contribution in [0.3, 0.4) is 0 Å². The van der Waals surface area contributed by atoms with Crippen LogP contribution in [-0.2, 0) is 20.5 Å². The Bertz CT molecular complexity index is 551. The zero-order valence-electron chi connectivity index (χ0n) is 14.6. The Labute approximate surface area is 139 Å². The molecule has 1 aliphatic rings. The second kappa shape index (κ2) is 7.12. The van der Waals surface area contributed by atoms with Gasteiger partial charge in [0.2, 0.25) is 8.32 Å². The fraction of sp³-hybridized carbons (Fsp3) is 0.588. The zero-order valence-corrected chi connectivity index (χ0v) is 15.6. The fourth-order valence-electron chi connectivity index (χ4n) is 2.51. The minimum atomic E-state index is -1.86. The SMILES string of the molecule is CC1(C)OC[C@H]([C@H](C#N)N(Cc2ccccc2)O[Si](C)(C)C)O1. The third-order valence-corrected chi connectivity index (χ3v) is 4.18. The molecule has 5 nitrogen and oxygen atoms in total. The van der Waals surface area contributed by atoms with Gasteiger partial charge in [0.05, 0.1) is 12.7 Å². The van der Waals surface area contributed by atoms with E-state index < -0.39 is 20.1 Å². The minimum Gasteiger partial charge on any atom is -0.348 e. The third-order valence-electron chi connectivity index (χ3n) is 3.40. The van der Waals surface area contributed by atoms with Crippen LogP contribution >= 0.6 is 0 Å². The summed E-state index contributed by atoms with van der Waals surface area (Å²) in [6.07, 6.45) is -0.324. The maximum Gasteiger partial charge on any atom is 0.212 e. The molecular weight excluding hydrogens is 308 g/mol. The van der Waals surface area contributed by atoms with Gasteiger partial charge in [-0.3, -0.25) is 0 Å². The lowest BCUT2D eigenvalue weighted by Crippen LogP contribution is -2.48. The van der Waals surface area contributed by atoms with Crippen molar-refractivity contribution in [2.24, 2.45) is 0 Å². The Hall–Kier alpha value is -1.23. The van der Waals surface area contributed by atoms with Crippen LogP contribution in [-0.4, -0.2) is 37.9 Å². The lowest BCUT2D eigenvalue weighted by molar-refractivity contribution is -0.168. The molecule has 0 aliphatic carbocycles. The minimum absolute atomic E-state index is 0.324. The van der Waals surface area contributed by atoms with Gasteiger partial charge >= 0.3 is 0 Å². The predicted octanol–water partition coefficient (Wildman–Crippen LogP) is 3.30. The van der Waals surface area contributed by atoms with Crippen LogP contribution in [0.15, 0.2) is 30.3 Å². The van der Waals surface area contributed by atoms with Gasteiger partial charge in [-0.25, -0.2) is 0 Å². The van der Waals surface area contributed by atoms with Crippen molar-refractivity contribution in [2.75, 3.05) is 6.61 Å². The first-order chi connectivity index (χ1) is 10.7. The summed E-state index contributed by atoms with van der Waals surface area (Å²) in [5.74, 6) is -0.655. The molecule has 1 saturated heterocycles. The summed E-state index contributed by atoms with van der Waals surface area (Å²) in [7, 11) is -1.86. The molecule has 0 aromatic heterocycles. The monoisotopic (exact) mass is 334 g/mol. The Morgan fingerprint density at radius 2 is 2.00 bits per heavy atom. The van der Waals surface area contributed by atoms with Crippen molar-refractivity contribution in [1.29, 1.82) is 5.26 Å². The van der Waals surface area contributed by atoms with Crippen molar-refractivity contribution in [3.8, 4) is 6.07 Å². The van der Waals surface area contributed by atoms with Gasteiger partial charge in [0, 0.05) is 6.54 Å². The highest BCUT2D eigenvalue weighted by atomic mass is 28.4. The third kappa shape index (κ3) is 5.41. The van der Waals surface area contributed by atoms with Crippen LogP contribution < -0.4 is 0 Å². The van der Waals surface area contributed by atoms with Crippen LogP contribution in [0.25, 0.3) is 0 Å². The van der Waals surface area contributed by atoms with Crippen LogP contribution in [0.2, 0.25) is 19.6 Å². The van der Waals surface area contributed by atoms with Crippen molar-refractivity contribution in [3.05, 3.63) is 35.9 Å². The summed E-state index contributed by atoms with van der Waals surface area (Å²) in [4.78, 5) is 0. The lowest BCUT2D eigenvalue weighted by Gasteiger charge is -2.34. The second-order valence-electron chi connectivity index (χ2n) is 7.21. The number of nitriles is 1. The predicted molar refractivity (Wildman–Crippen MR) is 90.7 cm³/mol. The summed E-state index contributed by atoms with van der Waals surface area (Å²) < 4.78 is 17.7. The topological polar surface area (TPSA) is 54.7 Å². The maximum absolute atomic E-state index is 9.71. The number of rotatable bonds is 6. The standard InChI is InChI=1S/C17H26N2O3Si/c1-17(2)20-13-16(21-17)15(11-18)19(22-23(3,4)5)12-14-9-7-6-8-10-14/h6-10,15-16H,12-13H2,1-5H3/t15-,16+/m0/s1. The highest BCUT2D eigenvalue weighted by molar-refractivity contribution is 6.69. The van der Waals surface area contributed by atoms with Crippen molar-refractivity contribution >= 4 is 8.32 Å². The van der Waals surface area contributed by atoms with E-state index in [0.717, 1.165) is 5.56 Å². The van der Waals surface area contributed by atoms with Crippen LogP contribution in [0.1, 0.15) is 19.4 Å². The van der Waals surface area contributed by atoms with E-state index in [0.29, 0.717) is 13.2 Å². The van der Waals surface area contributed by atoms with E-state index in [1.165, 1.54) is 0 Å². The number of ether oxygens (including phenoxy) is 2. The first kappa shape index (κ1) is 18.1. The molecule has 6 heteroatoms. The molecule has 0 amide bonds. The van der Waals surface area contributed by atoms with E-state index in [4.69, 9.17) is 14.0 Å². The molecule has 1 aromatic carbocycles. The quantitative estimate of drug-likeness (QED) is 0.590. The summed E-state index contributed by atoms with van der Waals surface area (Å²) in [6.45, 7) is 11.0. The molecule has 1 aliphatic heterocycles. The van der Waals surface area contributed by atoms with Gasteiger partial charge in [-0.1, -0.05) is 30.3 Å². The molecule has 1 fully saturated rings. The van der Waals surface area contributed by atoms with Crippen molar-refractivity contribution in [2.45, 2.75) is 58.0 Å².